The summed E-state index contributed by atoms with van der Waals surface area (Å²) in [6, 6.07) is 7.78. The molecule has 0 saturated heterocycles. The number of carbonyl (C=O) groups is 1. The van der Waals surface area contributed by atoms with E-state index < -0.39 is 0 Å². The van der Waals surface area contributed by atoms with Gasteiger partial charge in [0.1, 0.15) is 0 Å². The van der Waals surface area contributed by atoms with Crippen molar-refractivity contribution >= 4 is 17.5 Å². The molecule has 0 amide bonds. The average molecular weight is 218 g/mol. The van der Waals surface area contributed by atoms with Crippen molar-refractivity contribution in [1.82, 2.24) is 0 Å². The van der Waals surface area contributed by atoms with Gasteiger partial charge in [-0.1, -0.05) is 50.7 Å². The fourth-order valence-electron chi connectivity index (χ4n) is 1.53. The average Bonchev–Trinajstić information content (AvgIpc) is 2.42. The summed E-state index contributed by atoms with van der Waals surface area (Å²) in [5.41, 5.74) is 0.901. The van der Waals surface area contributed by atoms with Crippen LogP contribution in [0.15, 0.2) is 40.1 Å². The lowest BCUT2D eigenvalue weighted by Gasteiger charge is -2.12. The van der Waals surface area contributed by atoms with Crippen LogP contribution in [0.25, 0.3) is 0 Å². The minimum Gasteiger partial charge on any atom is -0.288 e. The molecule has 2 heteroatoms. The summed E-state index contributed by atoms with van der Waals surface area (Å²) in [6.45, 7) is 6.32. The number of rotatable bonds is 0. The molecule has 0 fully saturated rings. The van der Waals surface area contributed by atoms with Gasteiger partial charge < -0.3 is 0 Å². The zero-order chi connectivity index (χ0) is 11.1. The normalized spacial score (nSPS) is 18.3. The van der Waals surface area contributed by atoms with Gasteiger partial charge in [-0.3, -0.25) is 4.79 Å². The predicted octanol–water partition coefficient (Wildman–Crippen LogP) is 3.91. The molecule has 0 radical (unpaired) electrons. The largest absolute Gasteiger partial charge is 0.288 e. The summed E-state index contributed by atoms with van der Waals surface area (Å²) in [4.78, 5) is 13.9. The molecule has 0 spiro atoms. The van der Waals surface area contributed by atoms with Crippen molar-refractivity contribution < 1.29 is 4.79 Å². The molecule has 0 atom stereocenters. The molecule has 1 aliphatic rings. The highest BCUT2D eigenvalue weighted by molar-refractivity contribution is 8.04. The van der Waals surface area contributed by atoms with Gasteiger partial charge in [-0.05, 0) is 17.5 Å². The summed E-state index contributed by atoms with van der Waals surface area (Å²) in [5, 5.41) is 0. The van der Waals surface area contributed by atoms with Crippen LogP contribution in [0.4, 0.5) is 0 Å². The van der Waals surface area contributed by atoms with Crippen LogP contribution in [-0.4, -0.2) is 5.78 Å². The van der Waals surface area contributed by atoms with Crippen LogP contribution < -0.4 is 0 Å². The molecule has 0 bridgehead atoms. The molecule has 0 N–H and O–H groups in total. The number of hydrogen-bond acceptors (Lipinski definition) is 2. The number of ketones is 1. The Bertz CT molecular complexity index is 438. The third kappa shape index (κ3) is 2.15. The van der Waals surface area contributed by atoms with E-state index in [1.165, 1.54) is 0 Å². The fraction of sp³-hybridized carbons (Fsp3) is 0.308. The van der Waals surface area contributed by atoms with Gasteiger partial charge in [-0.15, -0.1) is 0 Å². The van der Waals surface area contributed by atoms with Gasteiger partial charge in [0.2, 0.25) is 5.78 Å². The molecule has 0 unspecified atom stereocenters. The standard InChI is InChI=1S/C13H14OS/c1-13(2,3)8-11-12(14)9-6-4-5-7-10(9)15-11/h4-8H,1-3H3/b11-8-. The minimum absolute atomic E-state index is 0.0556. The van der Waals surface area contributed by atoms with Gasteiger partial charge in [-0.25, -0.2) is 0 Å². The second kappa shape index (κ2) is 3.53. The monoisotopic (exact) mass is 218 g/mol. The Morgan fingerprint density at radius 3 is 2.47 bits per heavy atom. The number of allylic oxidation sites excluding steroid dienone is 2. The highest BCUT2D eigenvalue weighted by atomic mass is 32.2. The maximum Gasteiger partial charge on any atom is 0.200 e. The van der Waals surface area contributed by atoms with Crippen LogP contribution >= 0.6 is 11.8 Å². The Labute approximate surface area is 94.6 Å². The lowest BCUT2D eigenvalue weighted by atomic mass is 9.95. The molecule has 1 aliphatic heterocycles. The quantitative estimate of drug-likeness (QED) is 0.614. The van der Waals surface area contributed by atoms with Gasteiger partial charge in [0.25, 0.3) is 0 Å². The van der Waals surface area contributed by atoms with Crippen LogP contribution in [0.3, 0.4) is 0 Å². The van der Waals surface area contributed by atoms with E-state index in [-0.39, 0.29) is 11.2 Å². The van der Waals surface area contributed by atoms with Crippen molar-refractivity contribution in [3.8, 4) is 0 Å². The second-order valence-corrected chi connectivity index (χ2v) is 5.89. The van der Waals surface area contributed by atoms with E-state index in [9.17, 15) is 4.79 Å². The van der Waals surface area contributed by atoms with Gasteiger partial charge in [-0.2, -0.15) is 0 Å². The molecule has 1 aromatic carbocycles. The molecule has 2 rings (SSSR count). The maximum atomic E-state index is 12.0. The number of Topliss-reactive ketones (excluding diaryl/α,β-unsaturated/α-hetero) is 1. The molecule has 1 aromatic rings. The van der Waals surface area contributed by atoms with Crippen molar-refractivity contribution in [3.05, 3.63) is 40.8 Å². The van der Waals surface area contributed by atoms with Crippen LogP contribution in [0, 0.1) is 5.41 Å². The first kappa shape index (κ1) is 10.5. The molecule has 0 saturated carbocycles. The number of thioether (sulfide) groups is 1. The molecule has 0 aromatic heterocycles. The summed E-state index contributed by atoms with van der Waals surface area (Å²) in [7, 11) is 0. The highest BCUT2D eigenvalue weighted by Crippen LogP contribution is 2.41. The molecule has 1 nitrogen and oxygen atoms in total. The summed E-state index contributed by atoms with van der Waals surface area (Å²) in [6.07, 6.45) is 2.06. The Morgan fingerprint density at radius 1 is 1.20 bits per heavy atom. The zero-order valence-electron chi connectivity index (χ0n) is 9.20. The number of carbonyl (C=O) groups excluding carboxylic acids is 1. The molecular weight excluding hydrogens is 204 g/mol. The Hall–Kier alpha value is -1.02. The van der Waals surface area contributed by atoms with Crippen molar-refractivity contribution in [2.45, 2.75) is 25.7 Å². The fourth-order valence-corrected chi connectivity index (χ4v) is 2.80. The van der Waals surface area contributed by atoms with Crippen molar-refractivity contribution in [2.24, 2.45) is 5.41 Å². The number of benzene rings is 1. The first-order valence-electron chi connectivity index (χ1n) is 5.02. The third-order valence-corrected chi connectivity index (χ3v) is 3.24. The zero-order valence-corrected chi connectivity index (χ0v) is 10.0. The van der Waals surface area contributed by atoms with E-state index in [1.54, 1.807) is 11.8 Å². The molecule has 1 heterocycles. The van der Waals surface area contributed by atoms with Crippen molar-refractivity contribution in [2.75, 3.05) is 0 Å². The van der Waals surface area contributed by atoms with E-state index in [1.807, 2.05) is 24.3 Å². The van der Waals surface area contributed by atoms with Crippen molar-refractivity contribution in [3.63, 3.8) is 0 Å². The van der Waals surface area contributed by atoms with Crippen LogP contribution in [-0.2, 0) is 0 Å². The minimum atomic E-state index is 0.0556. The summed E-state index contributed by atoms with van der Waals surface area (Å²) >= 11 is 1.58. The predicted molar refractivity (Wildman–Crippen MR) is 64.2 cm³/mol. The van der Waals surface area contributed by atoms with Gasteiger partial charge >= 0.3 is 0 Å². The Morgan fingerprint density at radius 2 is 1.87 bits per heavy atom. The second-order valence-electron chi connectivity index (χ2n) is 4.80. The Kier molecular flexibility index (Phi) is 2.47. The van der Waals surface area contributed by atoms with E-state index in [0.29, 0.717) is 0 Å². The molecular formula is C13H14OS. The van der Waals surface area contributed by atoms with Crippen molar-refractivity contribution in [1.29, 1.82) is 0 Å². The summed E-state index contributed by atoms with van der Waals surface area (Å²) < 4.78 is 0. The van der Waals surface area contributed by atoms with Gasteiger partial charge in [0, 0.05) is 10.5 Å². The first-order valence-corrected chi connectivity index (χ1v) is 5.83. The molecule has 0 aliphatic carbocycles. The number of hydrogen-bond donors (Lipinski definition) is 0. The van der Waals surface area contributed by atoms with Gasteiger partial charge in [0.15, 0.2) is 0 Å². The lowest BCUT2D eigenvalue weighted by molar-refractivity contribution is 0.104. The Balaban J connectivity index is 2.40. The smallest absolute Gasteiger partial charge is 0.200 e. The SMILES string of the molecule is CC(C)(C)/C=C1\Sc2ccccc2C1=O. The van der Waals surface area contributed by atoms with Crippen LogP contribution in [0.2, 0.25) is 0 Å². The first-order chi connectivity index (χ1) is 6.97. The summed E-state index contributed by atoms with van der Waals surface area (Å²) in [5.74, 6) is 0.172. The van der Waals surface area contributed by atoms with E-state index in [2.05, 4.69) is 26.8 Å². The van der Waals surface area contributed by atoms with Gasteiger partial charge in [0.05, 0.1) is 4.91 Å². The number of fused-ring (bicyclic) bond motifs is 1. The van der Waals surface area contributed by atoms with E-state index in [4.69, 9.17) is 0 Å². The molecule has 15 heavy (non-hydrogen) atoms. The topological polar surface area (TPSA) is 17.1 Å². The van der Waals surface area contributed by atoms with E-state index >= 15 is 0 Å². The van der Waals surface area contributed by atoms with Crippen LogP contribution in [0.1, 0.15) is 31.1 Å². The van der Waals surface area contributed by atoms with Crippen LogP contribution in [0.5, 0.6) is 0 Å². The lowest BCUT2D eigenvalue weighted by Crippen LogP contribution is -2.03. The third-order valence-electron chi connectivity index (χ3n) is 2.14. The van der Waals surface area contributed by atoms with E-state index in [0.717, 1.165) is 15.4 Å². The highest BCUT2D eigenvalue weighted by Gasteiger charge is 2.26. The maximum absolute atomic E-state index is 12.0. The molecule has 78 valence electrons.